The summed E-state index contributed by atoms with van der Waals surface area (Å²) in [5, 5.41) is 10.8. The number of carbonyl (C=O) groups is 1. The standard InChI is InChI=1S/C10H13N3O6S/c1-19-10(14)7(11)6-12-20(17,18)9-5-3-2-4-8(9)13(15)16/h2-5,7,12H,6,11H2,1H3. The number of ether oxygens (including phenoxy) is 1. The molecule has 0 radical (unpaired) electrons. The number of nitro benzene ring substituents is 1. The lowest BCUT2D eigenvalue weighted by Crippen LogP contribution is -2.43. The monoisotopic (exact) mass is 303 g/mol. The lowest BCUT2D eigenvalue weighted by Gasteiger charge is -2.11. The maximum absolute atomic E-state index is 11.9. The average molecular weight is 303 g/mol. The van der Waals surface area contributed by atoms with Crippen LogP contribution in [0.4, 0.5) is 5.69 Å². The molecule has 0 spiro atoms. The first-order chi connectivity index (χ1) is 9.29. The summed E-state index contributed by atoms with van der Waals surface area (Å²) in [7, 11) is -3.04. The second kappa shape index (κ2) is 6.41. The van der Waals surface area contributed by atoms with Crippen molar-refractivity contribution in [1.82, 2.24) is 4.72 Å². The number of nitrogens with two attached hydrogens (primary N) is 1. The number of benzene rings is 1. The number of sulfonamides is 1. The molecule has 0 amide bonds. The van der Waals surface area contributed by atoms with Crippen LogP contribution in [0.1, 0.15) is 0 Å². The van der Waals surface area contributed by atoms with Crippen LogP contribution < -0.4 is 10.5 Å². The van der Waals surface area contributed by atoms with Crippen LogP contribution in [0.5, 0.6) is 0 Å². The van der Waals surface area contributed by atoms with Crippen molar-refractivity contribution >= 4 is 21.7 Å². The quantitative estimate of drug-likeness (QED) is 0.405. The maximum atomic E-state index is 11.9. The Labute approximate surface area is 114 Å². The van der Waals surface area contributed by atoms with Crippen molar-refractivity contribution in [3.8, 4) is 0 Å². The Hall–Kier alpha value is -2.04. The van der Waals surface area contributed by atoms with Gasteiger partial charge in [-0.2, -0.15) is 0 Å². The van der Waals surface area contributed by atoms with Crippen LogP contribution in [0.15, 0.2) is 29.2 Å². The van der Waals surface area contributed by atoms with E-state index in [1.54, 1.807) is 0 Å². The molecule has 3 N–H and O–H groups in total. The highest BCUT2D eigenvalue weighted by Gasteiger charge is 2.26. The van der Waals surface area contributed by atoms with E-state index in [-0.39, 0.29) is 0 Å². The van der Waals surface area contributed by atoms with Gasteiger partial charge in [-0.1, -0.05) is 12.1 Å². The lowest BCUT2D eigenvalue weighted by atomic mass is 10.3. The molecule has 1 unspecified atom stereocenters. The zero-order valence-electron chi connectivity index (χ0n) is 10.5. The summed E-state index contributed by atoms with van der Waals surface area (Å²) in [6.45, 7) is -0.430. The van der Waals surface area contributed by atoms with Crippen molar-refractivity contribution in [2.75, 3.05) is 13.7 Å². The van der Waals surface area contributed by atoms with Crippen molar-refractivity contribution < 1.29 is 22.9 Å². The third-order valence-electron chi connectivity index (χ3n) is 2.35. The van der Waals surface area contributed by atoms with E-state index < -0.39 is 44.1 Å². The molecule has 0 fully saturated rings. The van der Waals surface area contributed by atoms with E-state index in [9.17, 15) is 23.3 Å². The Morgan fingerprint density at radius 3 is 2.65 bits per heavy atom. The van der Waals surface area contributed by atoms with Gasteiger partial charge in [0, 0.05) is 12.6 Å². The Bertz CT molecular complexity index is 615. The number of methoxy groups -OCH3 is 1. The molecule has 0 aromatic heterocycles. The highest BCUT2D eigenvalue weighted by molar-refractivity contribution is 7.89. The number of para-hydroxylation sites is 1. The zero-order chi connectivity index (χ0) is 15.3. The first-order valence-corrected chi connectivity index (χ1v) is 6.84. The molecule has 1 rings (SSSR count). The molecule has 110 valence electrons. The van der Waals surface area contributed by atoms with Crippen molar-refractivity contribution in [1.29, 1.82) is 0 Å². The molecule has 0 aliphatic heterocycles. The molecule has 0 aliphatic rings. The minimum absolute atomic E-state index is 0.430. The third-order valence-corrected chi connectivity index (χ3v) is 3.82. The van der Waals surface area contributed by atoms with Crippen molar-refractivity contribution in [2.45, 2.75) is 10.9 Å². The van der Waals surface area contributed by atoms with Gasteiger partial charge in [0.15, 0.2) is 4.90 Å². The normalized spacial score (nSPS) is 12.7. The first-order valence-electron chi connectivity index (χ1n) is 5.36. The van der Waals surface area contributed by atoms with Crippen molar-refractivity contribution in [3.63, 3.8) is 0 Å². The number of hydrogen-bond donors (Lipinski definition) is 2. The van der Waals surface area contributed by atoms with Crippen LogP contribution in [-0.2, 0) is 19.6 Å². The average Bonchev–Trinajstić information content (AvgIpc) is 2.43. The Balaban J connectivity index is 2.95. The first kappa shape index (κ1) is 16.0. The van der Waals surface area contributed by atoms with Crippen LogP contribution in [0, 0.1) is 10.1 Å². The molecule has 0 heterocycles. The smallest absolute Gasteiger partial charge is 0.324 e. The van der Waals surface area contributed by atoms with Crippen molar-refractivity contribution in [3.05, 3.63) is 34.4 Å². The number of carbonyl (C=O) groups excluding carboxylic acids is 1. The molecular formula is C10H13N3O6S. The van der Waals surface area contributed by atoms with Gasteiger partial charge < -0.3 is 10.5 Å². The topological polar surface area (TPSA) is 142 Å². The fourth-order valence-electron chi connectivity index (χ4n) is 1.35. The molecule has 0 saturated carbocycles. The number of nitrogens with one attached hydrogen (secondary N) is 1. The molecule has 0 saturated heterocycles. The second-order valence-corrected chi connectivity index (χ2v) is 5.44. The fraction of sp³-hybridized carbons (Fsp3) is 0.300. The summed E-state index contributed by atoms with van der Waals surface area (Å²) in [5.41, 5.74) is 4.81. The number of rotatable bonds is 6. The van der Waals surface area contributed by atoms with E-state index in [1.165, 1.54) is 12.1 Å². The molecule has 20 heavy (non-hydrogen) atoms. The van der Waals surface area contributed by atoms with E-state index in [0.717, 1.165) is 19.2 Å². The van der Waals surface area contributed by atoms with Crippen LogP contribution in [0.2, 0.25) is 0 Å². The zero-order valence-corrected chi connectivity index (χ0v) is 11.3. The number of nitrogens with zero attached hydrogens (tertiary/aromatic N) is 1. The van der Waals surface area contributed by atoms with Crippen molar-refractivity contribution in [2.24, 2.45) is 5.73 Å². The van der Waals surface area contributed by atoms with Crippen LogP contribution >= 0.6 is 0 Å². The van der Waals surface area contributed by atoms with Gasteiger partial charge in [0.1, 0.15) is 6.04 Å². The van der Waals surface area contributed by atoms with E-state index in [4.69, 9.17) is 5.73 Å². The van der Waals surface area contributed by atoms with Crippen LogP contribution in [-0.4, -0.2) is 39.0 Å². The largest absolute Gasteiger partial charge is 0.468 e. The predicted molar refractivity (Wildman–Crippen MR) is 68.3 cm³/mol. The van der Waals surface area contributed by atoms with Gasteiger partial charge in [-0.15, -0.1) is 0 Å². The minimum Gasteiger partial charge on any atom is -0.468 e. The predicted octanol–water partition coefficient (Wildman–Crippen LogP) is -0.627. The molecular weight excluding hydrogens is 290 g/mol. The molecule has 0 bridgehead atoms. The third kappa shape index (κ3) is 3.73. The van der Waals surface area contributed by atoms with Gasteiger partial charge in [0.25, 0.3) is 5.69 Å². The molecule has 10 heteroatoms. The summed E-state index contributed by atoms with van der Waals surface area (Å²) in [5.74, 6) is -0.796. The summed E-state index contributed by atoms with van der Waals surface area (Å²) in [4.78, 5) is 20.5. The molecule has 9 nitrogen and oxygen atoms in total. The van der Waals surface area contributed by atoms with Gasteiger partial charge in [0.2, 0.25) is 10.0 Å². The fourth-order valence-corrected chi connectivity index (χ4v) is 2.58. The van der Waals surface area contributed by atoms with E-state index in [0.29, 0.717) is 0 Å². The van der Waals surface area contributed by atoms with Crippen LogP contribution in [0.3, 0.4) is 0 Å². The molecule has 0 aliphatic carbocycles. The van der Waals surface area contributed by atoms with Gasteiger partial charge in [-0.05, 0) is 6.07 Å². The maximum Gasteiger partial charge on any atom is 0.324 e. The molecule has 1 aromatic carbocycles. The van der Waals surface area contributed by atoms with E-state index in [2.05, 4.69) is 4.74 Å². The Morgan fingerprint density at radius 2 is 2.10 bits per heavy atom. The second-order valence-electron chi connectivity index (χ2n) is 3.71. The Morgan fingerprint density at radius 1 is 1.50 bits per heavy atom. The van der Waals surface area contributed by atoms with Gasteiger partial charge in [-0.3, -0.25) is 14.9 Å². The summed E-state index contributed by atoms with van der Waals surface area (Å²) in [6.07, 6.45) is 0. The van der Waals surface area contributed by atoms with Gasteiger partial charge in [-0.25, -0.2) is 13.1 Å². The lowest BCUT2D eigenvalue weighted by molar-refractivity contribution is -0.387. The van der Waals surface area contributed by atoms with E-state index in [1.807, 2.05) is 4.72 Å². The van der Waals surface area contributed by atoms with Gasteiger partial charge in [0.05, 0.1) is 12.0 Å². The minimum atomic E-state index is -4.15. The van der Waals surface area contributed by atoms with Gasteiger partial charge >= 0.3 is 5.97 Å². The molecule has 1 atom stereocenters. The summed E-state index contributed by atoms with van der Waals surface area (Å²) < 4.78 is 30.3. The highest BCUT2D eigenvalue weighted by atomic mass is 32.2. The Kier molecular flexibility index (Phi) is 5.13. The summed E-state index contributed by atoms with van der Waals surface area (Å²) >= 11 is 0. The summed E-state index contributed by atoms with van der Waals surface area (Å²) in [6, 6.07) is 3.65. The number of hydrogen-bond acceptors (Lipinski definition) is 7. The van der Waals surface area contributed by atoms with E-state index >= 15 is 0 Å². The molecule has 1 aromatic rings. The SMILES string of the molecule is COC(=O)C(N)CNS(=O)(=O)c1ccccc1[N+](=O)[O-]. The highest BCUT2D eigenvalue weighted by Crippen LogP contribution is 2.22. The number of nitro groups is 1. The van der Waals surface area contributed by atoms with Crippen LogP contribution in [0.25, 0.3) is 0 Å². The number of esters is 1.